The van der Waals surface area contributed by atoms with Gasteiger partial charge in [0.25, 0.3) is 5.91 Å². The molecule has 2 rings (SSSR count). The van der Waals surface area contributed by atoms with E-state index in [0.29, 0.717) is 33.8 Å². The zero-order chi connectivity index (χ0) is 19.1. The fourth-order valence-corrected chi connectivity index (χ4v) is 2.54. The molecule has 0 unspecified atom stereocenters. The number of anilines is 1. The molecule has 0 aromatic heterocycles. The van der Waals surface area contributed by atoms with Crippen LogP contribution in [0.3, 0.4) is 0 Å². The normalized spacial score (nSPS) is 10.5. The molecule has 0 aliphatic heterocycles. The summed E-state index contributed by atoms with van der Waals surface area (Å²) in [5, 5.41) is 6.53. The number of carbonyl (C=O) groups excluding carboxylic acids is 1. The van der Waals surface area contributed by atoms with E-state index in [1.165, 1.54) is 0 Å². The van der Waals surface area contributed by atoms with E-state index >= 15 is 0 Å². The average molecular weight is 411 g/mol. The molecular weight excluding hydrogens is 391 g/mol. The highest BCUT2D eigenvalue weighted by Crippen LogP contribution is 2.25. The van der Waals surface area contributed by atoms with Crippen LogP contribution in [0.2, 0.25) is 10.0 Å². The molecule has 138 valence electrons. The first kappa shape index (κ1) is 20.5. The van der Waals surface area contributed by atoms with Gasteiger partial charge in [-0.05, 0) is 67.0 Å². The molecule has 2 aromatic carbocycles. The molecule has 0 fully saturated rings. The van der Waals surface area contributed by atoms with E-state index in [0.717, 1.165) is 12.2 Å². The van der Waals surface area contributed by atoms with Crippen LogP contribution in [0.1, 0.15) is 30.6 Å². The van der Waals surface area contributed by atoms with Crippen molar-refractivity contribution >= 4 is 52.1 Å². The zero-order valence-corrected chi connectivity index (χ0v) is 16.8. The fourth-order valence-electron chi connectivity index (χ4n) is 2.03. The Labute approximate surface area is 168 Å². The van der Waals surface area contributed by atoms with Crippen LogP contribution < -0.4 is 15.4 Å². The molecule has 0 atom stereocenters. The number of thiocarbonyl (C=S) groups is 1. The fraction of sp³-hybridized carbons (Fsp3) is 0.263. The van der Waals surface area contributed by atoms with Crippen LogP contribution in [-0.2, 0) is 0 Å². The molecular formula is C19H20Cl2N2O2S. The van der Waals surface area contributed by atoms with Crippen LogP contribution >= 0.6 is 35.4 Å². The van der Waals surface area contributed by atoms with Crippen molar-refractivity contribution in [2.75, 3.05) is 11.9 Å². The summed E-state index contributed by atoms with van der Waals surface area (Å²) in [6.07, 6.45) is 0.983. The Kier molecular flexibility index (Phi) is 7.69. The van der Waals surface area contributed by atoms with Gasteiger partial charge in [-0.15, -0.1) is 0 Å². The number of hydrogen-bond acceptors (Lipinski definition) is 3. The summed E-state index contributed by atoms with van der Waals surface area (Å²) >= 11 is 17.0. The largest absolute Gasteiger partial charge is 0.494 e. The highest BCUT2D eigenvalue weighted by molar-refractivity contribution is 7.80. The third-order valence-corrected chi connectivity index (χ3v) is 4.43. The van der Waals surface area contributed by atoms with Crippen molar-refractivity contribution < 1.29 is 9.53 Å². The van der Waals surface area contributed by atoms with Crippen molar-refractivity contribution in [3.8, 4) is 5.75 Å². The SMILES string of the molecule is CC(C)CCOc1ccc(C(=O)NC(=S)Nc2ccc(Cl)c(Cl)c2)cc1. The first-order valence-corrected chi connectivity index (χ1v) is 9.32. The number of nitrogens with one attached hydrogen (secondary N) is 2. The molecule has 7 heteroatoms. The average Bonchev–Trinajstić information content (AvgIpc) is 2.58. The number of halogens is 2. The van der Waals surface area contributed by atoms with E-state index in [9.17, 15) is 4.79 Å². The van der Waals surface area contributed by atoms with Gasteiger partial charge < -0.3 is 10.1 Å². The number of rotatable bonds is 6. The van der Waals surface area contributed by atoms with Crippen LogP contribution in [0.25, 0.3) is 0 Å². The number of hydrogen-bond donors (Lipinski definition) is 2. The first-order valence-electron chi connectivity index (χ1n) is 8.15. The second-order valence-electron chi connectivity index (χ2n) is 6.09. The molecule has 0 heterocycles. The van der Waals surface area contributed by atoms with Gasteiger partial charge in [-0.1, -0.05) is 37.0 Å². The van der Waals surface area contributed by atoms with Gasteiger partial charge >= 0.3 is 0 Å². The molecule has 0 bridgehead atoms. The first-order chi connectivity index (χ1) is 12.3. The lowest BCUT2D eigenvalue weighted by atomic mass is 10.1. The van der Waals surface area contributed by atoms with Crippen molar-refractivity contribution in [1.29, 1.82) is 0 Å². The summed E-state index contributed by atoms with van der Waals surface area (Å²) in [7, 11) is 0. The van der Waals surface area contributed by atoms with Gasteiger partial charge in [0.2, 0.25) is 0 Å². The summed E-state index contributed by atoms with van der Waals surface area (Å²) in [5.74, 6) is 1.01. The summed E-state index contributed by atoms with van der Waals surface area (Å²) in [6.45, 7) is 4.94. The maximum Gasteiger partial charge on any atom is 0.257 e. The summed E-state index contributed by atoms with van der Waals surface area (Å²) in [5.41, 5.74) is 1.12. The van der Waals surface area contributed by atoms with Crippen molar-refractivity contribution in [2.45, 2.75) is 20.3 Å². The molecule has 0 spiro atoms. The lowest BCUT2D eigenvalue weighted by molar-refractivity contribution is 0.0977. The van der Waals surface area contributed by atoms with Crippen molar-refractivity contribution in [2.24, 2.45) is 5.92 Å². The van der Waals surface area contributed by atoms with Gasteiger partial charge in [0.15, 0.2) is 5.11 Å². The van der Waals surface area contributed by atoms with Crippen molar-refractivity contribution in [3.63, 3.8) is 0 Å². The van der Waals surface area contributed by atoms with Crippen LogP contribution in [0.4, 0.5) is 5.69 Å². The molecule has 0 aliphatic carbocycles. The monoisotopic (exact) mass is 410 g/mol. The lowest BCUT2D eigenvalue weighted by Crippen LogP contribution is -2.34. The molecule has 0 saturated carbocycles. The van der Waals surface area contributed by atoms with E-state index in [-0.39, 0.29) is 11.0 Å². The number of benzene rings is 2. The minimum absolute atomic E-state index is 0.172. The van der Waals surface area contributed by atoms with Crippen LogP contribution in [0, 0.1) is 5.92 Å². The molecule has 2 aromatic rings. The van der Waals surface area contributed by atoms with Crippen LogP contribution in [-0.4, -0.2) is 17.6 Å². The highest BCUT2D eigenvalue weighted by atomic mass is 35.5. The maximum absolute atomic E-state index is 12.3. The smallest absolute Gasteiger partial charge is 0.257 e. The molecule has 4 nitrogen and oxygen atoms in total. The minimum Gasteiger partial charge on any atom is -0.494 e. The zero-order valence-electron chi connectivity index (χ0n) is 14.5. The maximum atomic E-state index is 12.3. The predicted molar refractivity (Wildman–Crippen MR) is 112 cm³/mol. The summed E-state index contributed by atoms with van der Waals surface area (Å²) in [4.78, 5) is 12.3. The third-order valence-electron chi connectivity index (χ3n) is 3.48. The van der Waals surface area contributed by atoms with Gasteiger partial charge in [0, 0.05) is 11.3 Å². The Morgan fingerprint density at radius 3 is 2.42 bits per heavy atom. The van der Waals surface area contributed by atoms with E-state index < -0.39 is 0 Å². The molecule has 0 aliphatic rings. The van der Waals surface area contributed by atoms with Gasteiger partial charge in [0.05, 0.1) is 16.7 Å². The molecule has 26 heavy (non-hydrogen) atoms. The highest BCUT2D eigenvalue weighted by Gasteiger charge is 2.09. The van der Waals surface area contributed by atoms with Gasteiger partial charge in [0.1, 0.15) is 5.75 Å². The van der Waals surface area contributed by atoms with E-state index in [1.54, 1.807) is 42.5 Å². The topological polar surface area (TPSA) is 50.4 Å². The lowest BCUT2D eigenvalue weighted by Gasteiger charge is -2.11. The van der Waals surface area contributed by atoms with Crippen molar-refractivity contribution in [1.82, 2.24) is 5.32 Å². The van der Waals surface area contributed by atoms with Gasteiger partial charge in [-0.3, -0.25) is 10.1 Å². The number of ether oxygens (including phenoxy) is 1. The quantitative estimate of drug-likeness (QED) is 0.613. The Balaban J connectivity index is 1.88. The third kappa shape index (κ3) is 6.48. The minimum atomic E-state index is -0.309. The summed E-state index contributed by atoms with van der Waals surface area (Å²) < 4.78 is 5.64. The van der Waals surface area contributed by atoms with Crippen molar-refractivity contribution in [3.05, 3.63) is 58.1 Å². The molecule has 1 amide bonds. The second-order valence-corrected chi connectivity index (χ2v) is 7.32. The Hall–Kier alpha value is -1.82. The second kappa shape index (κ2) is 9.76. The molecule has 0 radical (unpaired) electrons. The number of carbonyl (C=O) groups is 1. The Bertz CT molecular complexity index is 780. The summed E-state index contributed by atoms with van der Waals surface area (Å²) in [6, 6.07) is 11.9. The molecule has 2 N–H and O–H groups in total. The number of amides is 1. The van der Waals surface area contributed by atoms with Crippen LogP contribution in [0.5, 0.6) is 5.75 Å². The Morgan fingerprint density at radius 2 is 1.81 bits per heavy atom. The predicted octanol–water partition coefficient (Wildman–Crippen LogP) is 5.55. The standard InChI is InChI=1S/C19H20Cl2N2O2S/c1-12(2)9-10-25-15-6-3-13(4-7-15)18(24)23-19(26)22-14-5-8-16(20)17(21)11-14/h3-8,11-12H,9-10H2,1-2H3,(H2,22,23,24,26). The van der Waals surface area contributed by atoms with E-state index in [1.807, 2.05) is 0 Å². The van der Waals surface area contributed by atoms with Gasteiger partial charge in [-0.25, -0.2) is 0 Å². The van der Waals surface area contributed by atoms with Crippen LogP contribution in [0.15, 0.2) is 42.5 Å². The Morgan fingerprint density at radius 1 is 1.12 bits per heavy atom. The van der Waals surface area contributed by atoms with E-state index in [2.05, 4.69) is 24.5 Å². The van der Waals surface area contributed by atoms with E-state index in [4.69, 9.17) is 40.2 Å². The molecule has 0 saturated heterocycles. The van der Waals surface area contributed by atoms with Gasteiger partial charge in [-0.2, -0.15) is 0 Å².